The molecule has 4 aliphatic rings. The minimum Gasteiger partial charge on any atom is -0.497 e. The van der Waals surface area contributed by atoms with Crippen molar-refractivity contribution in [1.29, 1.82) is 0 Å². The van der Waals surface area contributed by atoms with Crippen LogP contribution in [-0.2, 0) is 26.1 Å². The highest BCUT2D eigenvalue weighted by Gasteiger charge is 2.59. The molecule has 2 N–H and O–H groups in total. The van der Waals surface area contributed by atoms with Crippen LogP contribution in [0, 0.1) is 11.8 Å². The van der Waals surface area contributed by atoms with Crippen LogP contribution in [0.3, 0.4) is 0 Å². The third kappa shape index (κ3) is 2.51. The number of hydrogen-bond acceptors (Lipinski definition) is 4. The fourth-order valence-corrected chi connectivity index (χ4v) is 5.66. The average molecular weight is 415 g/mol. The predicted molar refractivity (Wildman–Crippen MR) is 112 cm³/mol. The Kier molecular flexibility index (Phi) is 3.81. The molecule has 1 amide bonds. The third-order valence-electron chi connectivity index (χ3n) is 7.01. The second kappa shape index (κ2) is 6.48. The first-order valence-electron chi connectivity index (χ1n) is 10.5. The Morgan fingerprint density at radius 1 is 1.16 bits per heavy atom. The average Bonchev–Trinajstić information content (AvgIpc) is 3.46. The number of rotatable bonds is 3. The summed E-state index contributed by atoms with van der Waals surface area (Å²) >= 11 is 0. The van der Waals surface area contributed by atoms with E-state index in [4.69, 9.17) is 9.47 Å². The third-order valence-corrected chi connectivity index (χ3v) is 7.01. The molecule has 2 aromatic rings. The van der Waals surface area contributed by atoms with Crippen LogP contribution in [0.2, 0.25) is 0 Å². The first-order chi connectivity index (χ1) is 15.1. The smallest absolute Gasteiger partial charge is 0.335 e. The van der Waals surface area contributed by atoms with Gasteiger partial charge in [-0.3, -0.25) is 4.79 Å². The number of anilines is 1. The van der Waals surface area contributed by atoms with E-state index in [9.17, 15) is 14.7 Å². The molecule has 0 radical (unpaired) electrons. The number of ether oxygens (including phenoxy) is 2. The summed E-state index contributed by atoms with van der Waals surface area (Å²) in [5.74, 6) is 0.757. The number of nitrogens with one attached hydrogen (secondary N) is 1. The van der Waals surface area contributed by atoms with Gasteiger partial charge in [0.25, 0.3) is 0 Å². The molecule has 2 aromatic carbocycles. The molecule has 3 unspecified atom stereocenters. The molecule has 156 valence electrons. The lowest BCUT2D eigenvalue weighted by molar-refractivity contribution is -0.120. The lowest BCUT2D eigenvalue weighted by atomic mass is 9.64. The zero-order valence-corrected chi connectivity index (χ0v) is 16.8. The summed E-state index contributed by atoms with van der Waals surface area (Å²) in [5, 5.41) is 12.5. The summed E-state index contributed by atoms with van der Waals surface area (Å²) in [6, 6.07) is 14.8. The Labute approximate surface area is 179 Å². The first-order valence-corrected chi connectivity index (χ1v) is 10.5. The Morgan fingerprint density at radius 2 is 2.03 bits per heavy atom. The van der Waals surface area contributed by atoms with Gasteiger partial charge in [-0.1, -0.05) is 30.3 Å². The number of aromatic carboxylic acids is 1. The number of allylic oxidation sites excluding steroid dienone is 2. The van der Waals surface area contributed by atoms with Crippen molar-refractivity contribution in [2.45, 2.75) is 18.3 Å². The van der Waals surface area contributed by atoms with E-state index in [2.05, 4.69) is 5.32 Å². The largest absolute Gasteiger partial charge is 0.497 e. The Balaban J connectivity index is 1.49. The van der Waals surface area contributed by atoms with E-state index >= 15 is 0 Å². The SMILES string of the molecule is O=C(O)c1cccc(CC2C3=C(C=C4OCCC42)OCC32C(=O)Nc3ccccc32)c1. The van der Waals surface area contributed by atoms with Crippen LogP contribution in [0.15, 0.2) is 71.7 Å². The van der Waals surface area contributed by atoms with Crippen LogP contribution in [0.4, 0.5) is 5.69 Å². The highest BCUT2D eigenvalue weighted by molar-refractivity contribution is 6.09. The second-order valence-electron chi connectivity index (χ2n) is 8.58. The highest BCUT2D eigenvalue weighted by atomic mass is 16.5. The number of hydrogen-bond donors (Lipinski definition) is 2. The number of fused-ring (bicyclic) bond motifs is 4. The van der Waals surface area contributed by atoms with E-state index in [1.807, 2.05) is 36.4 Å². The minimum absolute atomic E-state index is 0.0130. The van der Waals surface area contributed by atoms with Gasteiger partial charge in [0.05, 0.1) is 12.2 Å². The summed E-state index contributed by atoms with van der Waals surface area (Å²) in [6.07, 6.45) is 3.44. The van der Waals surface area contributed by atoms with Crippen molar-refractivity contribution in [1.82, 2.24) is 0 Å². The van der Waals surface area contributed by atoms with Gasteiger partial charge in [-0.2, -0.15) is 0 Å². The van der Waals surface area contributed by atoms with Crippen molar-refractivity contribution < 1.29 is 24.2 Å². The van der Waals surface area contributed by atoms with Crippen molar-refractivity contribution in [2.24, 2.45) is 11.8 Å². The number of carboxylic acid groups (broad SMARTS) is 1. The van der Waals surface area contributed by atoms with Crippen molar-refractivity contribution >= 4 is 17.6 Å². The van der Waals surface area contributed by atoms with Crippen LogP contribution >= 0.6 is 0 Å². The molecule has 3 aliphatic heterocycles. The van der Waals surface area contributed by atoms with E-state index in [-0.39, 0.29) is 29.9 Å². The van der Waals surface area contributed by atoms with Crippen molar-refractivity contribution in [3.05, 3.63) is 88.4 Å². The van der Waals surface area contributed by atoms with Crippen molar-refractivity contribution in [2.75, 3.05) is 18.5 Å². The fourth-order valence-electron chi connectivity index (χ4n) is 5.66. The number of para-hydroxylation sites is 1. The molecule has 1 fully saturated rings. The van der Waals surface area contributed by atoms with Gasteiger partial charge in [-0.25, -0.2) is 4.79 Å². The quantitative estimate of drug-likeness (QED) is 0.799. The van der Waals surface area contributed by atoms with Crippen LogP contribution in [0.1, 0.15) is 27.9 Å². The topological polar surface area (TPSA) is 84.9 Å². The molecule has 31 heavy (non-hydrogen) atoms. The summed E-state index contributed by atoms with van der Waals surface area (Å²) in [6.45, 7) is 0.904. The van der Waals surface area contributed by atoms with Gasteiger partial charge >= 0.3 is 5.97 Å². The highest BCUT2D eigenvalue weighted by Crippen LogP contribution is 2.56. The molecular formula is C25H21NO5. The van der Waals surface area contributed by atoms with Crippen LogP contribution in [-0.4, -0.2) is 30.2 Å². The first kappa shape index (κ1) is 18.2. The Bertz CT molecular complexity index is 1200. The van der Waals surface area contributed by atoms with E-state index in [0.29, 0.717) is 13.0 Å². The molecule has 3 heterocycles. The molecule has 6 rings (SSSR count). The maximum absolute atomic E-state index is 13.4. The number of amides is 1. The fraction of sp³-hybridized carbons (Fsp3) is 0.280. The normalized spacial score (nSPS) is 27.7. The second-order valence-corrected chi connectivity index (χ2v) is 8.58. The molecule has 1 spiro atoms. The molecular weight excluding hydrogens is 394 g/mol. The number of carboxylic acids is 1. The van der Waals surface area contributed by atoms with E-state index < -0.39 is 11.4 Å². The van der Waals surface area contributed by atoms with Crippen molar-refractivity contribution in [3.8, 4) is 0 Å². The van der Waals surface area contributed by atoms with Gasteiger partial charge in [0.1, 0.15) is 23.5 Å². The van der Waals surface area contributed by atoms with Gasteiger partial charge in [-0.15, -0.1) is 0 Å². The van der Waals surface area contributed by atoms with Gasteiger partial charge in [0, 0.05) is 17.7 Å². The Hall–Kier alpha value is -3.54. The summed E-state index contributed by atoms with van der Waals surface area (Å²) in [7, 11) is 0. The standard InChI is InChI=1S/C25H21NO5/c27-23(28)15-5-3-4-14(10-15)11-17-16-8-9-30-20(16)12-21-22(17)25(13-31-21)18-6-1-2-7-19(18)26-24(25)29/h1-7,10,12,16-17H,8-9,11,13H2,(H,26,29)(H,27,28). The van der Waals surface area contributed by atoms with Crippen LogP contribution in [0.25, 0.3) is 0 Å². The summed E-state index contributed by atoms with van der Waals surface area (Å²) in [5.41, 5.74) is 3.11. The lowest BCUT2D eigenvalue weighted by Gasteiger charge is -2.34. The zero-order chi connectivity index (χ0) is 21.2. The molecule has 1 aliphatic carbocycles. The number of benzene rings is 2. The van der Waals surface area contributed by atoms with E-state index in [0.717, 1.165) is 40.3 Å². The molecule has 3 atom stereocenters. The maximum Gasteiger partial charge on any atom is 0.335 e. The molecule has 0 bridgehead atoms. The zero-order valence-electron chi connectivity index (χ0n) is 16.8. The van der Waals surface area contributed by atoms with Crippen molar-refractivity contribution in [3.63, 3.8) is 0 Å². The van der Waals surface area contributed by atoms with Crippen LogP contribution < -0.4 is 5.32 Å². The summed E-state index contributed by atoms with van der Waals surface area (Å²) < 4.78 is 12.0. The van der Waals surface area contributed by atoms with E-state index in [1.165, 1.54) is 0 Å². The van der Waals surface area contributed by atoms with Crippen LogP contribution in [0.5, 0.6) is 0 Å². The van der Waals surface area contributed by atoms with Gasteiger partial charge in [0.2, 0.25) is 5.91 Å². The van der Waals surface area contributed by atoms with E-state index in [1.54, 1.807) is 18.2 Å². The number of carbonyl (C=O) groups excluding carboxylic acids is 1. The predicted octanol–water partition coefficient (Wildman–Crippen LogP) is 3.65. The number of carbonyl (C=O) groups is 2. The Morgan fingerprint density at radius 3 is 2.90 bits per heavy atom. The maximum atomic E-state index is 13.4. The molecule has 0 saturated carbocycles. The molecule has 1 saturated heterocycles. The lowest BCUT2D eigenvalue weighted by Crippen LogP contribution is -2.42. The molecule has 0 aromatic heterocycles. The minimum atomic E-state index is -0.944. The molecule has 6 heteroatoms. The monoisotopic (exact) mass is 415 g/mol. The van der Waals surface area contributed by atoms with Gasteiger partial charge in [-0.05, 0) is 53.7 Å². The summed E-state index contributed by atoms with van der Waals surface area (Å²) in [4.78, 5) is 24.9. The van der Waals surface area contributed by atoms with Gasteiger partial charge < -0.3 is 19.9 Å². The molecule has 6 nitrogen and oxygen atoms in total. The van der Waals surface area contributed by atoms with Gasteiger partial charge in [0.15, 0.2) is 0 Å².